The van der Waals surface area contributed by atoms with E-state index in [0.717, 1.165) is 17.6 Å². The molecular weight excluding hydrogens is 230 g/mol. The maximum absolute atomic E-state index is 5.82. The van der Waals surface area contributed by atoms with Crippen LogP contribution in [0.2, 0.25) is 0 Å². The summed E-state index contributed by atoms with van der Waals surface area (Å²) in [6.07, 6.45) is 22.3. The summed E-state index contributed by atoms with van der Waals surface area (Å²) in [7, 11) is 0. The van der Waals surface area contributed by atoms with E-state index in [2.05, 4.69) is 31.4 Å². The summed E-state index contributed by atoms with van der Waals surface area (Å²) in [5.41, 5.74) is 7.96. The molecule has 0 saturated heterocycles. The minimum Gasteiger partial charge on any atom is -0.405 e. The molecule has 0 spiro atoms. The van der Waals surface area contributed by atoms with Crippen LogP contribution in [0.4, 0.5) is 0 Å². The van der Waals surface area contributed by atoms with Crippen LogP contribution < -0.4 is 5.73 Å². The molecule has 1 aliphatic carbocycles. The van der Waals surface area contributed by atoms with Crippen molar-refractivity contribution in [3.8, 4) is 24.7 Å². The van der Waals surface area contributed by atoms with Gasteiger partial charge in [-0.3, -0.25) is 0 Å². The molecule has 3 unspecified atom stereocenters. The van der Waals surface area contributed by atoms with Gasteiger partial charge in [-0.05, 0) is 24.1 Å². The van der Waals surface area contributed by atoms with Crippen molar-refractivity contribution in [2.24, 2.45) is 23.5 Å². The predicted octanol–water partition coefficient (Wildman–Crippen LogP) is 3.43. The second-order valence-corrected chi connectivity index (χ2v) is 4.74. The number of nitrogens with two attached hydrogens (primary N) is 1. The van der Waals surface area contributed by atoms with Crippen LogP contribution in [0.5, 0.6) is 0 Å². The second-order valence-electron chi connectivity index (χ2n) is 4.74. The van der Waals surface area contributed by atoms with E-state index in [4.69, 9.17) is 18.6 Å². The van der Waals surface area contributed by atoms with Crippen LogP contribution in [0.25, 0.3) is 0 Å². The Kier molecular flexibility index (Phi) is 5.77. The van der Waals surface area contributed by atoms with E-state index < -0.39 is 0 Å². The summed E-state index contributed by atoms with van der Waals surface area (Å²) in [6.45, 7) is 6.31. The highest BCUT2D eigenvalue weighted by molar-refractivity contribution is 5.34. The van der Waals surface area contributed by atoms with Gasteiger partial charge in [-0.15, -0.1) is 18.8 Å². The van der Waals surface area contributed by atoms with E-state index >= 15 is 0 Å². The zero-order valence-electron chi connectivity index (χ0n) is 11.5. The minimum atomic E-state index is -0.0762. The highest BCUT2D eigenvalue weighted by atomic mass is 14.5. The zero-order valence-corrected chi connectivity index (χ0v) is 11.5. The van der Waals surface area contributed by atoms with Gasteiger partial charge in [0.2, 0.25) is 0 Å². The summed E-state index contributed by atoms with van der Waals surface area (Å²) in [5.74, 6) is 5.78. The Labute approximate surface area is 117 Å². The number of hydrogen-bond donors (Lipinski definition) is 1. The van der Waals surface area contributed by atoms with Crippen LogP contribution >= 0.6 is 0 Å². The van der Waals surface area contributed by atoms with Gasteiger partial charge in [0.25, 0.3) is 0 Å². The normalized spacial score (nSPS) is 32.5. The van der Waals surface area contributed by atoms with Crippen LogP contribution in [-0.4, -0.2) is 0 Å². The summed E-state index contributed by atoms with van der Waals surface area (Å²) >= 11 is 0. The van der Waals surface area contributed by atoms with Crippen molar-refractivity contribution in [1.29, 1.82) is 0 Å². The molecule has 1 heteroatoms. The summed E-state index contributed by atoms with van der Waals surface area (Å²) in [6, 6.07) is 0. The van der Waals surface area contributed by atoms with Crippen LogP contribution in [0, 0.1) is 42.4 Å². The molecule has 19 heavy (non-hydrogen) atoms. The summed E-state index contributed by atoms with van der Waals surface area (Å²) < 4.78 is 0. The third-order valence-electron chi connectivity index (χ3n) is 3.54. The lowest BCUT2D eigenvalue weighted by Crippen LogP contribution is -2.17. The van der Waals surface area contributed by atoms with E-state index in [1.165, 1.54) is 0 Å². The maximum Gasteiger partial charge on any atom is 0.0596 e. The quantitative estimate of drug-likeness (QED) is 0.590. The molecule has 2 N–H and O–H groups in total. The lowest BCUT2D eigenvalue weighted by atomic mass is 9.78. The van der Waals surface area contributed by atoms with Gasteiger partial charge in [0, 0.05) is 12.3 Å². The molecule has 3 atom stereocenters. The fraction of sp³-hybridized carbons (Fsp3) is 0.333. The third-order valence-corrected chi connectivity index (χ3v) is 3.54. The van der Waals surface area contributed by atoms with Crippen molar-refractivity contribution in [2.75, 3.05) is 0 Å². The van der Waals surface area contributed by atoms with Gasteiger partial charge in [-0.1, -0.05) is 49.3 Å². The molecule has 0 saturated carbocycles. The fourth-order valence-electron chi connectivity index (χ4n) is 2.40. The molecule has 0 radical (unpaired) electrons. The molecule has 1 aliphatic rings. The van der Waals surface area contributed by atoms with E-state index in [9.17, 15) is 0 Å². The average molecular weight is 251 g/mol. The lowest BCUT2D eigenvalue weighted by Gasteiger charge is -2.26. The minimum absolute atomic E-state index is 0.0762. The number of hydrogen-bond acceptors (Lipinski definition) is 1. The van der Waals surface area contributed by atoms with Crippen molar-refractivity contribution in [2.45, 2.75) is 19.8 Å². The average Bonchev–Trinajstić information content (AvgIpc) is 2.46. The van der Waals surface area contributed by atoms with Crippen molar-refractivity contribution < 1.29 is 0 Å². The number of allylic oxidation sites excluding steroid dienone is 6. The molecule has 98 valence electrons. The van der Waals surface area contributed by atoms with E-state index in [-0.39, 0.29) is 17.8 Å². The Balaban J connectivity index is 3.18. The molecule has 0 aliphatic heterocycles. The van der Waals surface area contributed by atoms with E-state index in [0.29, 0.717) is 6.42 Å². The van der Waals surface area contributed by atoms with Crippen molar-refractivity contribution in [1.82, 2.24) is 0 Å². The molecule has 0 heterocycles. The molecule has 0 fully saturated rings. The smallest absolute Gasteiger partial charge is 0.0596 e. The molecule has 0 aromatic rings. The molecule has 1 rings (SSSR count). The highest BCUT2D eigenvalue weighted by Gasteiger charge is 2.24. The molecule has 0 aromatic carbocycles. The molecule has 0 bridgehead atoms. The third kappa shape index (κ3) is 3.67. The number of terminal acetylenes is 2. The topological polar surface area (TPSA) is 26.0 Å². The monoisotopic (exact) mass is 251 g/mol. The van der Waals surface area contributed by atoms with Gasteiger partial charge < -0.3 is 5.73 Å². The molecule has 1 nitrogen and oxygen atoms in total. The summed E-state index contributed by atoms with van der Waals surface area (Å²) in [4.78, 5) is 0. The lowest BCUT2D eigenvalue weighted by molar-refractivity contribution is 0.573. The van der Waals surface area contributed by atoms with Gasteiger partial charge in [0.15, 0.2) is 0 Å². The maximum atomic E-state index is 5.82. The molecular formula is C18H21N. The molecule has 0 amide bonds. The summed E-state index contributed by atoms with van der Waals surface area (Å²) in [5, 5.41) is 0. The van der Waals surface area contributed by atoms with Crippen LogP contribution in [0.1, 0.15) is 19.8 Å². The van der Waals surface area contributed by atoms with Crippen molar-refractivity contribution in [3.05, 3.63) is 48.2 Å². The first kappa shape index (κ1) is 14.9. The van der Waals surface area contributed by atoms with Gasteiger partial charge in [-0.2, -0.15) is 0 Å². The van der Waals surface area contributed by atoms with Gasteiger partial charge in [-0.25, -0.2) is 0 Å². The zero-order chi connectivity index (χ0) is 14.3. The van der Waals surface area contributed by atoms with Crippen LogP contribution in [-0.2, 0) is 0 Å². The fourth-order valence-corrected chi connectivity index (χ4v) is 2.40. The van der Waals surface area contributed by atoms with Crippen molar-refractivity contribution in [3.63, 3.8) is 0 Å². The Bertz CT molecular complexity index is 491. The van der Waals surface area contributed by atoms with Gasteiger partial charge in [0.1, 0.15) is 0 Å². The Morgan fingerprint density at radius 2 is 2.05 bits per heavy atom. The largest absolute Gasteiger partial charge is 0.405 e. The Morgan fingerprint density at radius 3 is 2.63 bits per heavy atom. The van der Waals surface area contributed by atoms with Gasteiger partial charge >= 0.3 is 0 Å². The first-order chi connectivity index (χ1) is 9.15. The molecule has 0 aromatic heterocycles. The van der Waals surface area contributed by atoms with Crippen LogP contribution in [0.15, 0.2) is 48.2 Å². The van der Waals surface area contributed by atoms with Crippen molar-refractivity contribution >= 4 is 0 Å². The Hall–Kier alpha value is -2.12. The number of rotatable bonds is 2. The SMILES string of the molecule is C#CCCC1C(=C)C(C#C)/C=C\C=C\C(C)/C1=C\N. The van der Waals surface area contributed by atoms with Gasteiger partial charge in [0.05, 0.1) is 5.92 Å². The van der Waals surface area contributed by atoms with E-state index in [1.807, 2.05) is 18.2 Å². The standard InChI is InChI=1S/C18H21N/c1-5-7-12-17-15(4)16(6-2)11-9-8-10-14(3)18(17)13-19/h1-2,8-11,13-14,16-17H,4,7,12,19H2,3H3/b10-8+,11-9-,18-13+. The highest BCUT2D eigenvalue weighted by Crippen LogP contribution is 2.34. The second kappa shape index (κ2) is 7.34. The Morgan fingerprint density at radius 1 is 1.37 bits per heavy atom. The first-order valence-corrected chi connectivity index (χ1v) is 6.50. The van der Waals surface area contributed by atoms with Crippen LogP contribution in [0.3, 0.4) is 0 Å². The predicted molar refractivity (Wildman–Crippen MR) is 82.7 cm³/mol. The first-order valence-electron chi connectivity index (χ1n) is 6.50. The van der Waals surface area contributed by atoms with E-state index in [1.54, 1.807) is 6.20 Å².